The molecule has 0 saturated carbocycles. The second-order valence-corrected chi connectivity index (χ2v) is 4.73. The van der Waals surface area contributed by atoms with Crippen molar-refractivity contribution in [2.75, 3.05) is 7.11 Å². The Kier molecular flexibility index (Phi) is 4.86. The number of aromatic nitrogens is 3. The molecule has 21 heavy (non-hydrogen) atoms. The van der Waals surface area contributed by atoms with Crippen LogP contribution in [0.2, 0.25) is 0 Å². The van der Waals surface area contributed by atoms with Crippen LogP contribution in [0.4, 0.5) is 4.39 Å². The van der Waals surface area contributed by atoms with Gasteiger partial charge in [0.25, 0.3) is 0 Å². The number of rotatable bonds is 6. The van der Waals surface area contributed by atoms with Crippen LogP contribution in [0.5, 0.6) is 5.75 Å². The van der Waals surface area contributed by atoms with Crippen LogP contribution in [-0.4, -0.2) is 33.8 Å². The molecule has 6 nitrogen and oxygen atoms in total. The molecule has 1 aromatic heterocycles. The van der Waals surface area contributed by atoms with E-state index in [0.29, 0.717) is 12.1 Å². The molecule has 1 heterocycles. The molecule has 0 saturated heterocycles. The first-order valence-corrected chi connectivity index (χ1v) is 6.52. The van der Waals surface area contributed by atoms with E-state index in [4.69, 9.17) is 4.74 Å². The number of methoxy groups -OCH3 is 1. The average Bonchev–Trinajstić information content (AvgIpc) is 2.91. The zero-order chi connectivity index (χ0) is 15.2. The molecule has 1 N–H and O–H groups in total. The summed E-state index contributed by atoms with van der Waals surface area (Å²) < 4.78 is 20.0. The van der Waals surface area contributed by atoms with Gasteiger partial charge in [-0.1, -0.05) is 6.07 Å². The molecule has 7 heteroatoms. The third kappa shape index (κ3) is 4.27. The molecule has 0 aliphatic rings. The first-order valence-electron chi connectivity index (χ1n) is 6.52. The maximum atomic E-state index is 13.5. The van der Waals surface area contributed by atoms with Crippen LogP contribution in [0, 0.1) is 5.82 Å². The highest BCUT2D eigenvalue weighted by Crippen LogP contribution is 2.17. The van der Waals surface area contributed by atoms with E-state index in [-0.39, 0.29) is 24.1 Å². The van der Waals surface area contributed by atoms with E-state index in [9.17, 15) is 9.18 Å². The number of benzene rings is 1. The average molecular weight is 292 g/mol. The Morgan fingerprint density at radius 1 is 1.52 bits per heavy atom. The van der Waals surface area contributed by atoms with Crippen molar-refractivity contribution in [2.24, 2.45) is 0 Å². The Labute approximate surface area is 121 Å². The van der Waals surface area contributed by atoms with Gasteiger partial charge in [0, 0.05) is 6.04 Å². The molecule has 1 aromatic carbocycles. The van der Waals surface area contributed by atoms with Gasteiger partial charge in [-0.05, 0) is 24.6 Å². The number of nitrogens with zero attached hydrogens (tertiary/aromatic N) is 3. The van der Waals surface area contributed by atoms with Gasteiger partial charge in [-0.25, -0.2) is 9.37 Å². The van der Waals surface area contributed by atoms with Crippen LogP contribution in [0.3, 0.4) is 0 Å². The molecule has 0 bridgehead atoms. The lowest BCUT2D eigenvalue weighted by Crippen LogP contribution is -2.36. The van der Waals surface area contributed by atoms with Gasteiger partial charge in [-0.15, -0.1) is 0 Å². The second-order valence-electron chi connectivity index (χ2n) is 4.73. The SMILES string of the molecule is COc1ccc(CC(=O)N[C@H](C)Cn2cncn2)cc1F. The maximum absolute atomic E-state index is 13.5. The highest BCUT2D eigenvalue weighted by molar-refractivity contribution is 5.78. The quantitative estimate of drug-likeness (QED) is 0.868. The number of nitrogens with one attached hydrogen (secondary N) is 1. The van der Waals surface area contributed by atoms with Crippen molar-refractivity contribution in [3.8, 4) is 5.75 Å². The van der Waals surface area contributed by atoms with Crippen molar-refractivity contribution in [3.63, 3.8) is 0 Å². The van der Waals surface area contributed by atoms with Crippen LogP contribution in [0.1, 0.15) is 12.5 Å². The minimum Gasteiger partial charge on any atom is -0.494 e. The van der Waals surface area contributed by atoms with Gasteiger partial charge < -0.3 is 10.1 Å². The normalized spacial score (nSPS) is 12.0. The van der Waals surface area contributed by atoms with E-state index < -0.39 is 5.82 Å². The van der Waals surface area contributed by atoms with Crippen LogP contribution >= 0.6 is 0 Å². The molecule has 0 spiro atoms. The number of amides is 1. The van der Waals surface area contributed by atoms with Crippen molar-refractivity contribution in [1.82, 2.24) is 20.1 Å². The molecule has 2 rings (SSSR count). The molecule has 0 aliphatic carbocycles. The summed E-state index contributed by atoms with van der Waals surface area (Å²) in [6.07, 6.45) is 3.14. The number of carbonyl (C=O) groups excluding carboxylic acids is 1. The standard InChI is InChI=1S/C14H17FN4O2/c1-10(7-19-9-16-8-17-19)18-14(20)6-11-3-4-13(21-2)12(15)5-11/h3-5,8-10H,6-7H2,1-2H3,(H,18,20)/t10-/m1/s1. The number of halogens is 1. The summed E-state index contributed by atoms with van der Waals surface area (Å²) in [7, 11) is 1.40. The Bertz CT molecular complexity index is 601. The topological polar surface area (TPSA) is 69.0 Å². The van der Waals surface area contributed by atoms with Crippen molar-refractivity contribution >= 4 is 5.91 Å². The van der Waals surface area contributed by atoms with E-state index in [1.54, 1.807) is 17.1 Å². The van der Waals surface area contributed by atoms with Crippen LogP contribution in [0.15, 0.2) is 30.9 Å². The van der Waals surface area contributed by atoms with E-state index in [0.717, 1.165) is 0 Å². The molecule has 1 amide bonds. The zero-order valence-corrected chi connectivity index (χ0v) is 11.9. The van der Waals surface area contributed by atoms with E-state index in [2.05, 4.69) is 15.4 Å². The Morgan fingerprint density at radius 3 is 2.95 bits per heavy atom. The van der Waals surface area contributed by atoms with Crippen LogP contribution in [-0.2, 0) is 17.8 Å². The van der Waals surface area contributed by atoms with Gasteiger partial charge in [0.2, 0.25) is 5.91 Å². The number of hydrogen-bond acceptors (Lipinski definition) is 4. The van der Waals surface area contributed by atoms with Crippen LogP contribution in [0.25, 0.3) is 0 Å². The Morgan fingerprint density at radius 2 is 2.33 bits per heavy atom. The van der Waals surface area contributed by atoms with E-state index >= 15 is 0 Å². The third-order valence-electron chi connectivity index (χ3n) is 2.92. The molecule has 0 fully saturated rings. The van der Waals surface area contributed by atoms with Crippen molar-refractivity contribution < 1.29 is 13.9 Å². The number of ether oxygens (including phenoxy) is 1. The Balaban J connectivity index is 1.87. The predicted octanol–water partition coefficient (Wildman–Crippen LogP) is 1.17. The predicted molar refractivity (Wildman–Crippen MR) is 74.3 cm³/mol. The van der Waals surface area contributed by atoms with Gasteiger partial charge in [-0.3, -0.25) is 9.48 Å². The lowest BCUT2D eigenvalue weighted by Gasteiger charge is -2.13. The lowest BCUT2D eigenvalue weighted by molar-refractivity contribution is -0.121. The van der Waals surface area contributed by atoms with Gasteiger partial charge in [0.05, 0.1) is 20.1 Å². The summed E-state index contributed by atoms with van der Waals surface area (Å²) in [5.41, 5.74) is 0.596. The summed E-state index contributed by atoms with van der Waals surface area (Å²) in [6.45, 7) is 2.40. The minimum atomic E-state index is -0.474. The van der Waals surface area contributed by atoms with Crippen LogP contribution < -0.4 is 10.1 Å². The molecule has 0 aliphatic heterocycles. The Hall–Kier alpha value is -2.44. The molecule has 2 aromatic rings. The first kappa shape index (κ1) is 15.0. The van der Waals surface area contributed by atoms with Crippen molar-refractivity contribution in [2.45, 2.75) is 25.9 Å². The van der Waals surface area contributed by atoms with E-state index in [1.807, 2.05) is 6.92 Å². The van der Waals surface area contributed by atoms with Crippen molar-refractivity contribution in [1.29, 1.82) is 0 Å². The summed E-state index contributed by atoms with van der Waals surface area (Å²) in [4.78, 5) is 15.7. The van der Waals surface area contributed by atoms with Gasteiger partial charge in [0.15, 0.2) is 11.6 Å². The fourth-order valence-electron chi connectivity index (χ4n) is 1.98. The fraction of sp³-hybridized carbons (Fsp3) is 0.357. The number of carbonyl (C=O) groups is 1. The molecular weight excluding hydrogens is 275 g/mol. The van der Waals surface area contributed by atoms with Gasteiger partial charge in [-0.2, -0.15) is 5.10 Å². The van der Waals surface area contributed by atoms with E-state index in [1.165, 1.54) is 25.6 Å². The van der Waals surface area contributed by atoms with Crippen molar-refractivity contribution in [3.05, 3.63) is 42.2 Å². The lowest BCUT2D eigenvalue weighted by atomic mass is 10.1. The summed E-state index contributed by atoms with van der Waals surface area (Å²) >= 11 is 0. The zero-order valence-electron chi connectivity index (χ0n) is 11.9. The largest absolute Gasteiger partial charge is 0.494 e. The minimum absolute atomic E-state index is 0.0951. The molecule has 0 unspecified atom stereocenters. The molecule has 112 valence electrons. The fourth-order valence-corrected chi connectivity index (χ4v) is 1.98. The maximum Gasteiger partial charge on any atom is 0.224 e. The summed E-state index contributed by atoms with van der Waals surface area (Å²) in [5, 5.41) is 6.80. The monoisotopic (exact) mass is 292 g/mol. The summed E-state index contributed by atoms with van der Waals surface area (Å²) in [5.74, 6) is -0.482. The first-order chi connectivity index (χ1) is 10.1. The summed E-state index contributed by atoms with van der Waals surface area (Å²) in [6, 6.07) is 4.39. The molecule has 1 atom stereocenters. The molecule has 0 radical (unpaired) electrons. The third-order valence-corrected chi connectivity index (χ3v) is 2.92. The van der Waals surface area contributed by atoms with Gasteiger partial charge >= 0.3 is 0 Å². The number of hydrogen-bond donors (Lipinski definition) is 1. The van der Waals surface area contributed by atoms with Gasteiger partial charge in [0.1, 0.15) is 12.7 Å². The highest BCUT2D eigenvalue weighted by atomic mass is 19.1. The smallest absolute Gasteiger partial charge is 0.224 e. The highest BCUT2D eigenvalue weighted by Gasteiger charge is 2.11. The second kappa shape index (κ2) is 6.83. The molecular formula is C14H17FN4O2.